The second kappa shape index (κ2) is 7.40. The fourth-order valence-electron chi connectivity index (χ4n) is 3.33. The van der Waals surface area contributed by atoms with E-state index in [9.17, 15) is 4.79 Å². The van der Waals surface area contributed by atoms with Crippen LogP contribution in [-0.4, -0.2) is 56.6 Å². The summed E-state index contributed by atoms with van der Waals surface area (Å²) in [6.45, 7) is 5.33. The van der Waals surface area contributed by atoms with Crippen molar-refractivity contribution in [2.45, 2.75) is 50.0 Å². The summed E-state index contributed by atoms with van der Waals surface area (Å²) in [7, 11) is 0. The molecule has 2 fully saturated rings. The average Bonchev–Trinajstić information content (AvgIpc) is 3.39. The van der Waals surface area contributed by atoms with Crippen molar-refractivity contribution in [1.82, 2.24) is 19.7 Å². The highest BCUT2D eigenvalue weighted by atomic mass is 32.2. The second-order valence-corrected chi connectivity index (χ2v) is 8.06. The van der Waals surface area contributed by atoms with E-state index in [-0.39, 0.29) is 18.1 Å². The van der Waals surface area contributed by atoms with Crippen LogP contribution in [0.1, 0.15) is 38.4 Å². The zero-order chi connectivity index (χ0) is 18.1. The van der Waals surface area contributed by atoms with Crippen LogP contribution < -0.4 is 0 Å². The van der Waals surface area contributed by atoms with Crippen LogP contribution >= 0.6 is 11.8 Å². The first-order valence-electron chi connectivity index (χ1n) is 9.18. The number of para-hydroxylation sites is 1. The number of ether oxygens (including phenoxy) is 1. The number of nitrogens with zero attached hydrogens (tertiary/aromatic N) is 4. The molecular formula is C19H24N4O2S. The van der Waals surface area contributed by atoms with Crippen LogP contribution in [0.2, 0.25) is 0 Å². The van der Waals surface area contributed by atoms with Crippen LogP contribution in [0, 0.1) is 0 Å². The molecule has 6 nitrogen and oxygen atoms in total. The molecule has 4 rings (SSSR count). The molecule has 1 aromatic carbocycles. The molecule has 138 valence electrons. The maximum atomic E-state index is 12.6. The smallest absolute Gasteiger partial charge is 0.233 e. The van der Waals surface area contributed by atoms with Gasteiger partial charge < -0.3 is 9.64 Å². The highest BCUT2D eigenvalue weighted by molar-refractivity contribution is 7.99. The van der Waals surface area contributed by atoms with Crippen molar-refractivity contribution < 1.29 is 9.53 Å². The van der Waals surface area contributed by atoms with Crippen molar-refractivity contribution in [2.75, 3.05) is 18.8 Å². The number of benzene rings is 1. The normalized spacial score (nSPS) is 23.2. The van der Waals surface area contributed by atoms with Gasteiger partial charge in [-0.3, -0.25) is 4.79 Å². The monoisotopic (exact) mass is 372 g/mol. The Kier molecular flexibility index (Phi) is 5.00. The Morgan fingerprint density at radius 3 is 2.54 bits per heavy atom. The molecule has 2 aromatic rings. The molecule has 1 amide bonds. The molecule has 2 aliphatic rings. The Morgan fingerprint density at radius 2 is 1.88 bits per heavy atom. The molecule has 0 spiro atoms. The summed E-state index contributed by atoms with van der Waals surface area (Å²) in [5.41, 5.74) is 1.02. The maximum absolute atomic E-state index is 12.6. The molecule has 2 unspecified atom stereocenters. The van der Waals surface area contributed by atoms with Gasteiger partial charge in [-0.05, 0) is 38.8 Å². The number of amides is 1. The fraction of sp³-hybridized carbons (Fsp3) is 0.526. The quantitative estimate of drug-likeness (QED) is 0.756. The van der Waals surface area contributed by atoms with Crippen molar-refractivity contribution in [3.63, 3.8) is 0 Å². The topological polar surface area (TPSA) is 60.2 Å². The molecule has 1 saturated heterocycles. The lowest BCUT2D eigenvalue weighted by Gasteiger charge is -2.35. The highest BCUT2D eigenvalue weighted by Gasteiger charge is 2.31. The molecule has 2 atom stereocenters. The Bertz CT molecular complexity index is 765. The van der Waals surface area contributed by atoms with Crippen molar-refractivity contribution in [1.29, 1.82) is 0 Å². The summed E-state index contributed by atoms with van der Waals surface area (Å²) >= 11 is 1.42. The minimum absolute atomic E-state index is 0.0876. The van der Waals surface area contributed by atoms with E-state index in [0.29, 0.717) is 29.9 Å². The Morgan fingerprint density at radius 1 is 1.19 bits per heavy atom. The zero-order valence-corrected chi connectivity index (χ0v) is 16.0. The summed E-state index contributed by atoms with van der Waals surface area (Å²) in [5, 5.41) is 5.34. The third-order valence-corrected chi connectivity index (χ3v) is 5.48. The van der Waals surface area contributed by atoms with Crippen LogP contribution in [0.25, 0.3) is 5.69 Å². The van der Waals surface area contributed by atoms with Gasteiger partial charge in [-0.1, -0.05) is 30.0 Å². The third kappa shape index (κ3) is 3.94. The van der Waals surface area contributed by atoms with E-state index >= 15 is 0 Å². The first-order valence-corrected chi connectivity index (χ1v) is 10.2. The Labute approximate surface area is 157 Å². The molecule has 0 bridgehead atoms. The molecule has 7 heteroatoms. The predicted molar refractivity (Wildman–Crippen MR) is 101 cm³/mol. The molecule has 1 aliphatic carbocycles. The summed E-state index contributed by atoms with van der Waals surface area (Å²) < 4.78 is 7.64. The fourth-order valence-corrected chi connectivity index (χ4v) is 4.06. The molecule has 1 saturated carbocycles. The van der Waals surface area contributed by atoms with Crippen LogP contribution in [0.4, 0.5) is 0 Å². The molecule has 1 aliphatic heterocycles. The minimum Gasteiger partial charge on any atom is -0.372 e. The average molecular weight is 372 g/mol. The lowest BCUT2D eigenvalue weighted by molar-refractivity contribution is -0.140. The standard InChI is InChI=1S/C19H24N4O2S/c1-13-10-22(11-14(2)25-13)17(24)12-26-19-20-18(15-8-9-15)23(21-19)16-6-4-3-5-7-16/h3-7,13-15H,8-12H2,1-2H3. The van der Waals surface area contributed by atoms with E-state index < -0.39 is 0 Å². The number of aromatic nitrogens is 3. The molecule has 0 N–H and O–H groups in total. The van der Waals surface area contributed by atoms with Gasteiger partial charge in [0.25, 0.3) is 0 Å². The van der Waals surface area contributed by atoms with Crippen LogP contribution in [0.15, 0.2) is 35.5 Å². The summed E-state index contributed by atoms with van der Waals surface area (Å²) in [5.74, 6) is 2.00. The van der Waals surface area contributed by atoms with Crippen LogP contribution in [0.3, 0.4) is 0 Å². The van der Waals surface area contributed by atoms with Gasteiger partial charge in [0.05, 0.1) is 23.6 Å². The van der Waals surface area contributed by atoms with Gasteiger partial charge in [0.2, 0.25) is 11.1 Å². The zero-order valence-electron chi connectivity index (χ0n) is 15.2. The number of hydrogen-bond acceptors (Lipinski definition) is 5. The van der Waals surface area contributed by atoms with Gasteiger partial charge in [-0.2, -0.15) is 0 Å². The predicted octanol–water partition coefficient (Wildman–Crippen LogP) is 2.87. The highest BCUT2D eigenvalue weighted by Crippen LogP contribution is 2.40. The lowest BCUT2D eigenvalue weighted by Crippen LogP contribution is -2.48. The van der Waals surface area contributed by atoms with Crippen molar-refractivity contribution in [3.05, 3.63) is 36.2 Å². The number of carbonyl (C=O) groups excluding carboxylic acids is 1. The molecule has 1 aromatic heterocycles. The van der Waals surface area contributed by atoms with Crippen LogP contribution in [-0.2, 0) is 9.53 Å². The first-order chi connectivity index (χ1) is 12.6. The van der Waals surface area contributed by atoms with Gasteiger partial charge in [-0.15, -0.1) is 5.10 Å². The van der Waals surface area contributed by atoms with E-state index in [1.807, 2.05) is 53.8 Å². The molecule has 2 heterocycles. The van der Waals surface area contributed by atoms with Crippen LogP contribution in [0.5, 0.6) is 0 Å². The number of hydrogen-bond donors (Lipinski definition) is 0. The van der Waals surface area contributed by atoms with E-state index in [0.717, 1.165) is 24.4 Å². The minimum atomic E-state index is 0.0876. The van der Waals surface area contributed by atoms with Gasteiger partial charge in [0, 0.05) is 19.0 Å². The maximum Gasteiger partial charge on any atom is 0.233 e. The van der Waals surface area contributed by atoms with Gasteiger partial charge in [0.15, 0.2) is 0 Å². The van der Waals surface area contributed by atoms with Gasteiger partial charge in [-0.25, -0.2) is 9.67 Å². The number of carbonyl (C=O) groups is 1. The lowest BCUT2D eigenvalue weighted by atomic mass is 10.2. The Hall–Kier alpha value is -1.86. The summed E-state index contributed by atoms with van der Waals surface area (Å²) in [6, 6.07) is 10.1. The van der Waals surface area contributed by atoms with E-state index in [2.05, 4.69) is 5.10 Å². The summed E-state index contributed by atoms with van der Waals surface area (Å²) in [4.78, 5) is 19.2. The van der Waals surface area contributed by atoms with Crippen molar-refractivity contribution in [3.8, 4) is 5.69 Å². The SMILES string of the molecule is CC1CN(C(=O)CSc2nc(C3CC3)n(-c3ccccc3)n2)CC(C)O1. The number of thioether (sulfide) groups is 1. The second-order valence-electron chi connectivity index (χ2n) is 7.12. The Balaban J connectivity index is 1.44. The molecule has 0 radical (unpaired) electrons. The number of morpholine rings is 1. The van der Waals surface area contributed by atoms with E-state index in [1.165, 1.54) is 11.8 Å². The van der Waals surface area contributed by atoms with Crippen molar-refractivity contribution in [2.24, 2.45) is 0 Å². The van der Waals surface area contributed by atoms with Crippen molar-refractivity contribution >= 4 is 17.7 Å². The van der Waals surface area contributed by atoms with E-state index in [4.69, 9.17) is 9.72 Å². The molecular weight excluding hydrogens is 348 g/mol. The van der Waals surface area contributed by atoms with E-state index in [1.54, 1.807) is 0 Å². The number of rotatable bonds is 5. The van der Waals surface area contributed by atoms with Gasteiger partial charge in [0.1, 0.15) is 5.82 Å². The molecule has 26 heavy (non-hydrogen) atoms. The third-order valence-electron chi connectivity index (χ3n) is 4.65. The summed E-state index contributed by atoms with van der Waals surface area (Å²) in [6.07, 6.45) is 2.50. The van der Waals surface area contributed by atoms with Gasteiger partial charge >= 0.3 is 0 Å². The first kappa shape index (κ1) is 17.5. The largest absolute Gasteiger partial charge is 0.372 e.